The number of pyridine rings is 1. The summed E-state index contributed by atoms with van der Waals surface area (Å²) in [6.07, 6.45) is 1.56. The van der Waals surface area contributed by atoms with Gasteiger partial charge in [-0.2, -0.15) is 0 Å². The Bertz CT molecular complexity index is 1900. The van der Waals surface area contributed by atoms with Crippen molar-refractivity contribution in [2.24, 2.45) is 34.5 Å². The summed E-state index contributed by atoms with van der Waals surface area (Å²) in [5, 5.41) is 11.8. The number of para-hydroxylation sites is 1. The maximum absolute atomic E-state index is 12.8. The second kappa shape index (κ2) is 15.0. The number of aliphatic hydroxyl groups is 1. The van der Waals surface area contributed by atoms with Crippen molar-refractivity contribution in [3.05, 3.63) is 107 Å². The molecular formula is C46H58IrNO3-. The third-order valence-corrected chi connectivity index (χ3v) is 12.8. The van der Waals surface area contributed by atoms with Crippen molar-refractivity contribution >= 4 is 16.7 Å². The fourth-order valence-electron chi connectivity index (χ4n) is 8.34. The number of ether oxygens (including phenoxy) is 1. The van der Waals surface area contributed by atoms with E-state index >= 15 is 0 Å². The Morgan fingerprint density at radius 3 is 2.08 bits per heavy atom. The van der Waals surface area contributed by atoms with E-state index in [0.29, 0.717) is 5.92 Å². The summed E-state index contributed by atoms with van der Waals surface area (Å²) in [5.41, 5.74) is 7.40. The van der Waals surface area contributed by atoms with Crippen molar-refractivity contribution in [1.29, 1.82) is 0 Å². The van der Waals surface area contributed by atoms with Gasteiger partial charge in [-0.3, -0.25) is 9.78 Å². The van der Waals surface area contributed by atoms with Gasteiger partial charge in [-0.25, -0.2) is 0 Å². The molecule has 2 atom stereocenters. The maximum Gasteiger partial charge on any atom is 0.165 e. The van der Waals surface area contributed by atoms with E-state index < -0.39 is 5.41 Å². The van der Waals surface area contributed by atoms with Gasteiger partial charge in [0.25, 0.3) is 0 Å². The molecule has 1 radical (unpaired) electrons. The number of benzene rings is 3. The van der Waals surface area contributed by atoms with Crippen LogP contribution < -0.4 is 4.74 Å². The van der Waals surface area contributed by atoms with Gasteiger partial charge < -0.3 is 9.84 Å². The van der Waals surface area contributed by atoms with Crippen LogP contribution in [0.1, 0.15) is 117 Å². The zero-order chi connectivity index (χ0) is 36.9. The minimum atomic E-state index is -0.442. The van der Waals surface area contributed by atoms with Crippen LogP contribution in [0.2, 0.25) is 0 Å². The molecule has 3 aromatic carbocycles. The summed E-state index contributed by atoms with van der Waals surface area (Å²) in [5.74, 6) is 2.61. The summed E-state index contributed by atoms with van der Waals surface area (Å²) in [6, 6.07) is 26.9. The van der Waals surface area contributed by atoms with Crippen LogP contribution in [0.15, 0.2) is 78.6 Å². The van der Waals surface area contributed by atoms with Crippen LogP contribution in [0.25, 0.3) is 22.2 Å². The van der Waals surface area contributed by atoms with Gasteiger partial charge in [0.15, 0.2) is 5.78 Å². The zero-order valence-corrected chi connectivity index (χ0v) is 35.3. The van der Waals surface area contributed by atoms with E-state index in [1.165, 1.54) is 33.7 Å². The summed E-state index contributed by atoms with van der Waals surface area (Å²) in [6.45, 7) is 27.5. The fraction of sp³-hybridized carbons (Fsp3) is 0.478. The molecule has 0 bridgehead atoms. The number of aromatic nitrogens is 1. The normalized spacial score (nSPS) is 17.9. The zero-order valence-electron chi connectivity index (χ0n) is 32.9. The average Bonchev–Trinajstić information content (AvgIpc) is 3.56. The van der Waals surface area contributed by atoms with Gasteiger partial charge in [-0.1, -0.05) is 131 Å². The maximum atomic E-state index is 12.8. The van der Waals surface area contributed by atoms with Crippen LogP contribution in [-0.4, -0.2) is 15.9 Å². The van der Waals surface area contributed by atoms with Crippen molar-refractivity contribution in [1.82, 2.24) is 4.98 Å². The van der Waals surface area contributed by atoms with Crippen molar-refractivity contribution in [3.8, 4) is 17.0 Å². The number of aryl methyl sites for hydroxylation is 1. The van der Waals surface area contributed by atoms with Gasteiger partial charge in [0, 0.05) is 48.5 Å². The molecule has 0 amide bonds. The molecular weight excluding hydrogens is 807 g/mol. The smallest absolute Gasteiger partial charge is 0.165 e. The number of rotatable bonds is 8. The predicted molar refractivity (Wildman–Crippen MR) is 208 cm³/mol. The van der Waals surface area contributed by atoms with E-state index in [2.05, 4.69) is 143 Å². The third kappa shape index (κ3) is 6.98. The van der Waals surface area contributed by atoms with E-state index in [1.807, 2.05) is 19.9 Å². The quantitative estimate of drug-likeness (QED) is 0.109. The van der Waals surface area contributed by atoms with Crippen LogP contribution in [0, 0.1) is 47.5 Å². The SMILES string of the molecule is CC(C)C(C)(C(=O)/C=C(\O)C(C)(C(C)C)C(C)C)C(C)C.Cc1ccc2nc(-c3[c-]ccc4c3C(C)(C)C3c5ccccc5OC43)ccc2c1.[Ir]. The first-order chi connectivity index (χ1) is 23.4. The molecule has 2 heterocycles. The molecule has 1 N–H and O–H groups in total. The summed E-state index contributed by atoms with van der Waals surface area (Å²) in [7, 11) is 0. The average molecular weight is 865 g/mol. The van der Waals surface area contributed by atoms with Crippen LogP contribution in [0.5, 0.6) is 5.75 Å². The van der Waals surface area contributed by atoms with Gasteiger partial charge >= 0.3 is 0 Å². The van der Waals surface area contributed by atoms with Crippen molar-refractivity contribution in [2.75, 3.05) is 0 Å². The van der Waals surface area contributed by atoms with Gasteiger partial charge in [-0.15, -0.1) is 29.3 Å². The monoisotopic (exact) mass is 865 g/mol. The minimum Gasteiger partial charge on any atom is -0.512 e. The number of hydrogen-bond donors (Lipinski definition) is 1. The summed E-state index contributed by atoms with van der Waals surface area (Å²) in [4.78, 5) is 17.8. The minimum absolute atomic E-state index is 0. The fourth-order valence-corrected chi connectivity index (χ4v) is 8.34. The molecule has 6 rings (SSSR count). The second-order valence-electron chi connectivity index (χ2n) is 16.9. The Labute approximate surface area is 320 Å². The first-order valence-electron chi connectivity index (χ1n) is 18.5. The Hall–Kier alpha value is -3.27. The first kappa shape index (κ1) is 40.5. The van der Waals surface area contributed by atoms with E-state index in [1.54, 1.807) is 0 Å². The number of nitrogens with zero attached hydrogens (tertiary/aromatic N) is 1. The Kier molecular flexibility index (Phi) is 11.9. The van der Waals surface area contributed by atoms with Crippen molar-refractivity contribution in [2.45, 2.75) is 107 Å². The standard InChI is InChI=1S/C27H22NO.C19H36O2.Ir/c1-16-11-13-21-17(15-16)12-14-22(28-21)18-8-6-9-20-24(18)27(2,3)25-19-7-4-5-10-23(19)29-26(20)25;1-12(2)18(9,13(3)4)16(20)11-17(21)19(10,14(5)6)15(7)8;/h4-7,9-15,25-26H,1-3H3;11-15,20H,1-10H3;/q-1;;/b;16-11-;. The van der Waals surface area contributed by atoms with Crippen LogP contribution in [0.3, 0.4) is 0 Å². The van der Waals surface area contributed by atoms with Gasteiger partial charge in [0.1, 0.15) is 17.6 Å². The molecule has 0 spiro atoms. The number of fused-ring (bicyclic) bond motifs is 6. The molecule has 4 nitrogen and oxygen atoms in total. The van der Waals surface area contributed by atoms with Gasteiger partial charge in [-0.05, 0) is 65.3 Å². The van der Waals surface area contributed by atoms with E-state index in [-0.39, 0.29) is 72.3 Å². The van der Waals surface area contributed by atoms with Crippen molar-refractivity contribution in [3.63, 3.8) is 0 Å². The number of ketones is 1. The molecule has 275 valence electrons. The Balaban J connectivity index is 0.000000239. The van der Waals surface area contributed by atoms with E-state index in [0.717, 1.165) is 22.5 Å². The van der Waals surface area contributed by atoms with E-state index in [4.69, 9.17) is 9.72 Å². The van der Waals surface area contributed by atoms with Crippen molar-refractivity contribution < 1.29 is 34.7 Å². The third-order valence-electron chi connectivity index (χ3n) is 12.8. The van der Waals surface area contributed by atoms with Gasteiger partial charge in [0.05, 0.1) is 5.52 Å². The van der Waals surface area contributed by atoms with Crippen LogP contribution in [0.4, 0.5) is 0 Å². The first-order valence-corrected chi connectivity index (χ1v) is 18.5. The van der Waals surface area contributed by atoms with E-state index in [9.17, 15) is 9.90 Å². The summed E-state index contributed by atoms with van der Waals surface area (Å²) < 4.78 is 6.43. The van der Waals surface area contributed by atoms with Crippen LogP contribution in [-0.2, 0) is 30.3 Å². The molecule has 0 saturated heterocycles. The second-order valence-corrected chi connectivity index (χ2v) is 16.9. The molecule has 2 unspecified atom stereocenters. The molecule has 2 aliphatic rings. The molecule has 1 aliphatic heterocycles. The Morgan fingerprint density at radius 2 is 1.47 bits per heavy atom. The molecule has 0 saturated carbocycles. The number of carbonyl (C=O) groups excluding carboxylic acids is 1. The molecule has 0 fully saturated rings. The molecule has 51 heavy (non-hydrogen) atoms. The molecule has 1 aromatic heterocycles. The summed E-state index contributed by atoms with van der Waals surface area (Å²) >= 11 is 0. The topological polar surface area (TPSA) is 59.4 Å². The molecule has 1 aliphatic carbocycles. The predicted octanol–water partition coefficient (Wildman–Crippen LogP) is 12.2. The number of carbonyl (C=O) groups is 1. The Morgan fingerprint density at radius 1 is 0.863 bits per heavy atom. The largest absolute Gasteiger partial charge is 0.512 e. The number of hydrogen-bond acceptors (Lipinski definition) is 4. The number of allylic oxidation sites excluding steroid dienone is 2. The van der Waals surface area contributed by atoms with Gasteiger partial charge in [0.2, 0.25) is 0 Å². The molecule has 4 aromatic rings. The number of aliphatic hydroxyl groups excluding tert-OH is 1. The van der Waals surface area contributed by atoms with Crippen LogP contribution >= 0.6 is 0 Å². The molecule has 5 heteroatoms.